The molecule has 1 N–H and O–H groups in total. The largest absolute Gasteiger partial charge is 0.314 e. The Hall–Kier alpha value is -1.68. The second kappa shape index (κ2) is 4.02. The zero-order chi connectivity index (χ0) is 9.80. The molecule has 0 unspecified atom stereocenters. The lowest BCUT2D eigenvalue weighted by molar-refractivity contribution is 0.789. The first kappa shape index (κ1) is 8.90. The van der Waals surface area contributed by atoms with Gasteiger partial charge in [-0.2, -0.15) is 0 Å². The minimum absolute atomic E-state index is 0.780. The molecule has 0 aliphatic rings. The van der Waals surface area contributed by atoms with E-state index in [2.05, 4.69) is 15.3 Å². The molecule has 2 rings (SSSR count). The van der Waals surface area contributed by atoms with Gasteiger partial charge < -0.3 is 9.88 Å². The summed E-state index contributed by atoms with van der Waals surface area (Å²) < 4.78 is 1.96. The summed E-state index contributed by atoms with van der Waals surface area (Å²) in [5.41, 5.74) is 2.11. The number of nitrogens with one attached hydrogen (secondary N) is 1. The van der Waals surface area contributed by atoms with E-state index in [4.69, 9.17) is 0 Å². The average molecular weight is 188 g/mol. The summed E-state index contributed by atoms with van der Waals surface area (Å²) in [4.78, 5) is 8.24. The van der Waals surface area contributed by atoms with Gasteiger partial charge in [0.15, 0.2) is 0 Å². The molecule has 0 atom stereocenters. The molecule has 0 spiro atoms. The SMILES string of the molecule is CNCc1cc(-n2ccnc2)ccn1. The van der Waals surface area contributed by atoms with Crippen molar-refractivity contribution in [2.24, 2.45) is 0 Å². The van der Waals surface area contributed by atoms with Gasteiger partial charge >= 0.3 is 0 Å². The Bertz CT molecular complexity index is 394. The lowest BCUT2D eigenvalue weighted by Gasteiger charge is -2.04. The third-order valence-electron chi connectivity index (χ3n) is 1.96. The van der Waals surface area contributed by atoms with E-state index in [1.54, 1.807) is 12.5 Å². The molecule has 0 aliphatic carbocycles. The highest BCUT2D eigenvalue weighted by Crippen LogP contribution is 2.07. The van der Waals surface area contributed by atoms with Gasteiger partial charge in [-0.25, -0.2) is 4.98 Å². The summed E-state index contributed by atoms with van der Waals surface area (Å²) in [6.07, 6.45) is 7.26. The van der Waals surface area contributed by atoms with Crippen molar-refractivity contribution in [1.29, 1.82) is 0 Å². The topological polar surface area (TPSA) is 42.7 Å². The lowest BCUT2D eigenvalue weighted by Crippen LogP contribution is -2.07. The highest BCUT2D eigenvalue weighted by molar-refractivity contribution is 5.31. The number of hydrogen-bond donors (Lipinski definition) is 1. The molecule has 0 radical (unpaired) electrons. The number of imidazole rings is 1. The van der Waals surface area contributed by atoms with Crippen LogP contribution in [0.25, 0.3) is 5.69 Å². The molecule has 0 amide bonds. The van der Waals surface area contributed by atoms with Gasteiger partial charge in [-0.3, -0.25) is 4.98 Å². The van der Waals surface area contributed by atoms with E-state index in [0.29, 0.717) is 0 Å². The fraction of sp³-hybridized carbons (Fsp3) is 0.200. The van der Waals surface area contributed by atoms with Crippen molar-refractivity contribution in [3.05, 3.63) is 42.7 Å². The van der Waals surface area contributed by atoms with Crippen LogP contribution in [0.3, 0.4) is 0 Å². The number of hydrogen-bond acceptors (Lipinski definition) is 3. The fourth-order valence-corrected chi connectivity index (χ4v) is 1.32. The van der Waals surface area contributed by atoms with Crippen LogP contribution in [0, 0.1) is 0 Å². The summed E-state index contributed by atoms with van der Waals surface area (Å²) in [7, 11) is 1.91. The molecule has 2 heterocycles. The van der Waals surface area contributed by atoms with Crippen molar-refractivity contribution in [1.82, 2.24) is 19.9 Å². The van der Waals surface area contributed by atoms with Gasteiger partial charge in [0.05, 0.1) is 12.0 Å². The maximum atomic E-state index is 4.24. The van der Waals surface area contributed by atoms with Gasteiger partial charge in [0, 0.05) is 30.8 Å². The Balaban J connectivity index is 2.31. The maximum absolute atomic E-state index is 4.24. The highest BCUT2D eigenvalue weighted by atomic mass is 15.0. The van der Waals surface area contributed by atoms with Crippen LogP contribution in [0.2, 0.25) is 0 Å². The molecule has 0 aromatic carbocycles. The quantitative estimate of drug-likeness (QED) is 0.781. The minimum atomic E-state index is 0.780. The van der Waals surface area contributed by atoms with Crippen molar-refractivity contribution in [2.75, 3.05) is 7.05 Å². The Kier molecular flexibility index (Phi) is 2.55. The lowest BCUT2D eigenvalue weighted by atomic mass is 10.3. The monoisotopic (exact) mass is 188 g/mol. The van der Waals surface area contributed by atoms with Crippen LogP contribution in [-0.2, 0) is 6.54 Å². The van der Waals surface area contributed by atoms with E-state index in [1.165, 1.54) is 0 Å². The molecule has 4 heteroatoms. The van der Waals surface area contributed by atoms with Crippen LogP contribution in [0.15, 0.2) is 37.1 Å². The van der Waals surface area contributed by atoms with Crippen LogP contribution >= 0.6 is 0 Å². The van der Waals surface area contributed by atoms with Gasteiger partial charge in [0.1, 0.15) is 0 Å². The van der Waals surface area contributed by atoms with E-state index in [-0.39, 0.29) is 0 Å². The molecule has 0 saturated carbocycles. The Labute approximate surface area is 82.6 Å². The maximum Gasteiger partial charge on any atom is 0.0991 e. The van der Waals surface area contributed by atoms with Crippen LogP contribution in [-0.4, -0.2) is 21.6 Å². The van der Waals surface area contributed by atoms with Gasteiger partial charge in [-0.05, 0) is 19.2 Å². The molecule has 14 heavy (non-hydrogen) atoms. The molecule has 2 aromatic heterocycles. The first-order valence-corrected chi connectivity index (χ1v) is 4.48. The number of nitrogens with zero attached hydrogens (tertiary/aromatic N) is 3. The molecule has 72 valence electrons. The van der Waals surface area contributed by atoms with Crippen LogP contribution in [0.5, 0.6) is 0 Å². The molecule has 4 nitrogen and oxygen atoms in total. The standard InChI is InChI=1S/C10H12N4/c1-11-7-9-6-10(2-3-13-9)14-5-4-12-8-14/h2-6,8,11H,7H2,1H3. The molecule has 0 fully saturated rings. The predicted octanol–water partition coefficient (Wildman–Crippen LogP) is 0.987. The van der Waals surface area contributed by atoms with Crippen LogP contribution in [0.4, 0.5) is 0 Å². The second-order valence-corrected chi connectivity index (χ2v) is 3.01. The highest BCUT2D eigenvalue weighted by Gasteiger charge is 1.97. The van der Waals surface area contributed by atoms with Crippen molar-refractivity contribution in [3.63, 3.8) is 0 Å². The summed E-state index contributed by atoms with van der Waals surface area (Å²) in [6, 6.07) is 4.00. The normalized spacial score (nSPS) is 10.4. The Morgan fingerprint density at radius 1 is 1.43 bits per heavy atom. The van der Waals surface area contributed by atoms with E-state index in [1.807, 2.05) is 36.1 Å². The fourth-order valence-electron chi connectivity index (χ4n) is 1.32. The summed E-state index contributed by atoms with van der Waals surface area (Å²) in [5.74, 6) is 0. The number of pyridine rings is 1. The number of rotatable bonds is 3. The van der Waals surface area contributed by atoms with Gasteiger partial charge in [0.25, 0.3) is 0 Å². The Morgan fingerprint density at radius 3 is 3.07 bits per heavy atom. The summed E-state index contributed by atoms with van der Waals surface area (Å²) in [5, 5.41) is 3.07. The van der Waals surface area contributed by atoms with Gasteiger partial charge in [-0.1, -0.05) is 0 Å². The zero-order valence-electron chi connectivity index (χ0n) is 8.01. The molecule has 2 aromatic rings. The molecular weight excluding hydrogens is 176 g/mol. The average Bonchev–Trinajstić information content (AvgIpc) is 2.71. The molecular formula is C10H12N4. The third kappa shape index (κ3) is 1.80. The van der Waals surface area contributed by atoms with Crippen molar-refractivity contribution < 1.29 is 0 Å². The first-order chi connectivity index (χ1) is 6.90. The number of aromatic nitrogens is 3. The van der Waals surface area contributed by atoms with Crippen LogP contribution < -0.4 is 5.32 Å². The first-order valence-electron chi connectivity index (χ1n) is 4.48. The predicted molar refractivity (Wildman–Crippen MR) is 54.1 cm³/mol. The van der Waals surface area contributed by atoms with E-state index < -0.39 is 0 Å². The molecule has 0 aliphatic heterocycles. The second-order valence-electron chi connectivity index (χ2n) is 3.01. The molecule has 0 bridgehead atoms. The third-order valence-corrected chi connectivity index (χ3v) is 1.96. The minimum Gasteiger partial charge on any atom is -0.314 e. The summed E-state index contributed by atoms with van der Waals surface area (Å²) in [6.45, 7) is 0.780. The van der Waals surface area contributed by atoms with E-state index in [0.717, 1.165) is 17.9 Å². The van der Waals surface area contributed by atoms with E-state index in [9.17, 15) is 0 Å². The summed E-state index contributed by atoms with van der Waals surface area (Å²) >= 11 is 0. The van der Waals surface area contributed by atoms with E-state index >= 15 is 0 Å². The van der Waals surface area contributed by atoms with Crippen LogP contribution in [0.1, 0.15) is 5.69 Å². The van der Waals surface area contributed by atoms with Crippen molar-refractivity contribution in [2.45, 2.75) is 6.54 Å². The van der Waals surface area contributed by atoms with Gasteiger partial charge in [0.2, 0.25) is 0 Å². The molecule has 0 saturated heterocycles. The van der Waals surface area contributed by atoms with Crippen molar-refractivity contribution in [3.8, 4) is 5.69 Å². The smallest absolute Gasteiger partial charge is 0.0991 e. The van der Waals surface area contributed by atoms with Gasteiger partial charge in [-0.15, -0.1) is 0 Å². The zero-order valence-corrected chi connectivity index (χ0v) is 8.01. The van der Waals surface area contributed by atoms with Crippen molar-refractivity contribution >= 4 is 0 Å². The Morgan fingerprint density at radius 2 is 2.36 bits per heavy atom.